The third kappa shape index (κ3) is 7.43. The van der Waals surface area contributed by atoms with Crippen LogP contribution in [0.25, 0.3) is 33.4 Å². The zero-order valence-corrected chi connectivity index (χ0v) is 44.4. The van der Waals surface area contributed by atoms with Crippen molar-refractivity contribution in [2.24, 2.45) is 0 Å². The highest BCUT2D eigenvalue weighted by Gasteiger charge is 2.49. The van der Waals surface area contributed by atoms with E-state index in [9.17, 15) is 0 Å². The largest absolute Gasteiger partial charge is 0.0716 e. The van der Waals surface area contributed by atoms with Crippen LogP contribution in [0.4, 0.5) is 0 Å². The van der Waals surface area contributed by atoms with Crippen molar-refractivity contribution in [1.82, 2.24) is 0 Å². The molecule has 12 aromatic rings. The molecule has 0 aromatic heterocycles. The summed E-state index contributed by atoms with van der Waals surface area (Å²) in [7, 11) is 0. The number of fused-ring (bicyclic) bond motifs is 9. The summed E-state index contributed by atoms with van der Waals surface area (Å²) < 4.78 is 0. The van der Waals surface area contributed by atoms with Crippen molar-refractivity contribution >= 4 is 0 Å². The number of rotatable bonds is 6. The van der Waals surface area contributed by atoms with Crippen molar-refractivity contribution in [3.8, 4) is 33.4 Å². The molecule has 0 nitrogen and oxygen atoms in total. The number of aryl methyl sites for hydroxylation is 3. The van der Waals surface area contributed by atoms with E-state index in [1.165, 1.54) is 117 Å². The summed E-state index contributed by atoms with van der Waals surface area (Å²) in [5.74, 6) is 0. The Morgan fingerprint density at radius 2 is 0.513 bits per heavy atom. The lowest BCUT2D eigenvalue weighted by Gasteiger charge is -2.34. The van der Waals surface area contributed by atoms with E-state index in [0.717, 1.165) is 0 Å². The van der Waals surface area contributed by atoms with Crippen LogP contribution < -0.4 is 0 Å². The summed E-state index contributed by atoms with van der Waals surface area (Å²) in [4.78, 5) is 0. The predicted octanol–water partition coefficient (Wildman–Crippen LogP) is 19.1. The normalized spacial score (nSPS) is 13.9. The van der Waals surface area contributed by atoms with Crippen LogP contribution >= 0.6 is 0 Å². The van der Waals surface area contributed by atoms with Gasteiger partial charge in [-0.3, -0.25) is 0 Å². The molecule has 0 aliphatic heterocycles. The maximum Gasteiger partial charge on any atom is 0.0716 e. The van der Waals surface area contributed by atoms with Crippen molar-refractivity contribution in [3.63, 3.8) is 0 Å². The van der Waals surface area contributed by atoms with Gasteiger partial charge in [0.1, 0.15) is 0 Å². The molecule has 12 aromatic carbocycles. The lowest BCUT2D eigenvalue weighted by Crippen LogP contribution is -2.29. The van der Waals surface area contributed by atoms with Crippen LogP contribution in [0.1, 0.15) is 83.5 Å². The van der Waals surface area contributed by atoms with E-state index in [1.807, 2.05) is 0 Å². The van der Waals surface area contributed by atoms with Gasteiger partial charge in [0.05, 0.1) is 16.2 Å². The molecule has 0 amide bonds. The van der Waals surface area contributed by atoms with Gasteiger partial charge in [-0.25, -0.2) is 0 Å². The highest BCUT2D eigenvalue weighted by molar-refractivity contribution is 5.90. The first-order chi connectivity index (χ1) is 38.5. The van der Waals surface area contributed by atoms with E-state index in [0.29, 0.717) is 0 Å². The Balaban J connectivity index is 0.000000111. The summed E-state index contributed by atoms with van der Waals surface area (Å²) in [6, 6.07) is 113. The molecule has 15 rings (SSSR count). The van der Waals surface area contributed by atoms with Gasteiger partial charge in [-0.2, -0.15) is 0 Å². The molecule has 3 aliphatic carbocycles. The molecular formula is C78H60. The zero-order valence-electron chi connectivity index (χ0n) is 44.4. The van der Waals surface area contributed by atoms with Gasteiger partial charge in [0.2, 0.25) is 0 Å². The van der Waals surface area contributed by atoms with Gasteiger partial charge in [0.15, 0.2) is 0 Å². The Morgan fingerprint density at radius 1 is 0.205 bits per heavy atom. The highest BCUT2D eigenvalue weighted by atomic mass is 14.5. The highest BCUT2D eigenvalue weighted by Crippen LogP contribution is 2.59. The van der Waals surface area contributed by atoms with Gasteiger partial charge in [0.25, 0.3) is 0 Å². The first kappa shape index (κ1) is 48.3. The van der Waals surface area contributed by atoms with Gasteiger partial charge < -0.3 is 0 Å². The topological polar surface area (TPSA) is 0 Å². The molecule has 0 radical (unpaired) electrons. The van der Waals surface area contributed by atoms with Crippen molar-refractivity contribution in [2.75, 3.05) is 0 Å². The minimum absolute atomic E-state index is 0.262. The van der Waals surface area contributed by atoms with Gasteiger partial charge in [-0.15, -0.1) is 0 Å². The minimum atomic E-state index is -0.264. The fraction of sp³-hybridized carbons (Fsp3) is 0.0769. The van der Waals surface area contributed by atoms with Crippen LogP contribution in [-0.2, 0) is 16.2 Å². The smallest absolute Gasteiger partial charge is 0.0622 e. The van der Waals surface area contributed by atoms with Gasteiger partial charge >= 0.3 is 0 Å². The van der Waals surface area contributed by atoms with Crippen LogP contribution in [0.5, 0.6) is 0 Å². The fourth-order valence-electron chi connectivity index (χ4n) is 14.0. The lowest BCUT2D eigenvalue weighted by atomic mass is 9.67. The Kier molecular flexibility index (Phi) is 12.4. The molecule has 0 atom stereocenters. The third-order valence-electron chi connectivity index (χ3n) is 17.0. The molecule has 0 N–H and O–H groups in total. The van der Waals surface area contributed by atoms with E-state index in [1.54, 1.807) is 0 Å². The van der Waals surface area contributed by atoms with E-state index >= 15 is 0 Å². The number of hydrogen-bond acceptors (Lipinski definition) is 0. The molecule has 3 aliphatic rings. The van der Waals surface area contributed by atoms with Crippen LogP contribution in [0, 0.1) is 20.8 Å². The van der Waals surface area contributed by atoms with Gasteiger partial charge in [-0.05, 0) is 132 Å². The molecule has 0 saturated carbocycles. The molecule has 372 valence electrons. The Morgan fingerprint density at radius 3 is 0.987 bits per heavy atom. The van der Waals surface area contributed by atoms with Crippen LogP contribution in [0.3, 0.4) is 0 Å². The molecular weight excluding hydrogens is 937 g/mol. The van der Waals surface area contributed by atoms with Crippen LogP contribution in [0.15, 0.2) is 309 Å². The Labute approximate surface area is 460 Å². The Hall–Kier alpha value is -9.36. The average molecular weight is 997 g/mol. The van der Waals surface area contributed by atoms with Crippen LogP contribution in [0.2, 0.25) is 0 Å². The van der Waals surface area contributed by atoms with E-state index in [4.69, 9.17) is 0 Å². The van der Waals surface area contributed by atoms with Gasteiger partial charge in [-0.1, -0.05) is 315 Å². The second kappa shape index (κ2) is 20.0. The SMILES string of the molecule is Cc1ccc2c(c1)-c1ccccc1C2(c1ccccc1)c1ccccc1.Cc1cccc2c1-c1ccccc1C2(c1ccccc1)c1ccccc1.Cc1cccc2c1C(c1ccccc1)(c1ccccc1)c1ccccc1-2. The van der Waals surface area contributed by atoms with Crippen molar-refractivity contribution < 1.29 is 0 Å². The minimum Gasteiger partial charge on any atom is -0.0622 e. The third-order valence-corrected chi connectivity index (χ3v) is 17.0. The first-order valence-electron chi connectivity index (χ1n) is 27.4. The molecule has 0 fully saturated rings. The van der Waals surface area contributed by atoms with Crippen molar-refractivity contribution in [3.05, 3.63) is 393 Å². The molecule has 0 spiro atoms. The molecule has 78 heavy (non-hydrogen) atoms. The summed E-state index contributed by atoms with van der Waals surface area (Å²) in [6.45, 7) is 6.64. The van der Waals surface area contributed by atoms with E-state index < -0.39 is 0 Å². The number of hydrogen-bond donors (Lipinski definition) is 0. The van der Waals surface area contributed by atoms with E-state index in [2.05, 4.69) is 330 Å². The van der Waals surface area contributed by atoms with Crippen LogP contribution in [-0.4, -0.2) is 0 Å². The Bertz CT molecular complexity index is 3950. The van der Waals surface area contributed by atoms with Crippen molar-refractivity contribution in [1.29, 1.82) is 0 Å². The first-order valence-corrected chi connectivity index (χ1v) is 27.4. The maximum absolute atomic E-state index is 2.34. The number of benzene rings is 12. The predicted molar refractivity (Wildman–Crippen MR) is 325 cm³/mol. The molecule has 0 unspecified atom stereocenters. The summed E-state index contributed by atoms with van der Waals surface area (Å²) >= 11 is 0. The summed E-state index contributed by atoms with van der Waals surface area (Å²) in [5.41, 5.74) is 27.6. The molecule has 0 heteroatoms. The molecule has 0 saturated heterocycles. The average Bonchev–Trinajstić information content (AvgIpc) is 4.22. The quantitative estimate of drug-likeness (QED) is 0.156. The summed E-state index contributed by atoms with van der Waals surface area (Å²) in [6.07, 6.45) is 0. The molecule has 0 bridgehead atoms. The van der Waals surface area contributed by atoms with Gasteiger partial charge in [0, 0.05) is 0 Å². The lowest BCUT2D eigenvalue weighted by molar-refractivity contribution is 0.762. The second-order valence-electron chi connectivity index (χ2n) is 21.1. The standard InChI is InChI=1S/3C26H20/c1-19-11-10-17-23-22-16-8-9-18-24(22)26(25(19)23,20-12-4-2-5-13-20)21-14-6-3-7-15-21;1-19-11-10-18-24-25(19)22-16-8-9-17-23(22)26(24,20-12-4-2-5-13-20)21-14-6-3-7-15-21;1-19-16-17-25-23(18-19)22-14-8-9-15-24(22)26(25,20-10-4-2-5-11-20)21-12-6-3-7-13-21/h3*2-18H,1H3. The fourth-order valence-corrected chi connectivity index (χ4v) is 14.0. The maximum atomic E-state index is 2.34. The summed E-state index contributed by atoms with van der Waals surface area (Å²) in [5, 5.41) is 0. The second-order valence-corrected chi connectivity index (χ2v) is 21.1. The van der Waals surface area contributed by atoms with Crippen molar-refractivity contribution in [2.45, 2.75) is 37.0 Å². The molecule has 0 heterocycles. The zero-order chi connectivity index (χ0) is 52.7. The van der Waals surface area contributed by atoms with E-state index in [-0.39, 0.29) is 16.2 Å². The monoisotopic (exact) mass is 996 g/mol.